The van der Waals surface area contributed by atoms with Gasteiger partial charge in [0.05, 0.1) is 0 Å². The number of amides is 2. The van der Waals surface area contributed by atoms with Gasteiger partial charge in [-0.05, 0) is 50.2 Å². The molecule has 1 aromatic rings. The van der Waals surface area contributed by atoms with Gasteiger partial charge in [0.2, 0.25) is 5.91 Å². The number of benzene rings is 1. The highest BCUT2D eigenvalue weighted by Gasteiger charge is 2.20. The molecule has 0 unspecified atom stereocenters. The molecule has 0 radical (unpaired) electrons. The molecular formula is C15H21Cl2N3O2. The van der Waals surface area contributed by atoms with Crippen LogP contribution in [0.2, 0.25) is 5.02 Å². The number of carbonyl (C=O) groups excluding carboxylic acids is 2. The van der Waals surface area contributed by atoms with Gasteiger partial charge < -0.3 is 16.0 Å². The molecule has 7 heteroatoms. The average Bonchev–Trinajstić information content (AvgIpc) is 2.52. The first-order valence-corrected chi connectivity index (χ1v) is 7.57. The van der Waals surface area contributed by atoms with Crippen LogP contribution in [-0.4, -0.2) is 38.0 Å². The summed E-state index contributed by atoms with van der Waals surface area (Å²) in [7, 11) is 0. The molecule has 0 bridgehead atoms. The standard InChI is InChI=1S/C15H20ClN3O2.ClH/c16-13-3-1-11(2-4-13)14(20)18-9-10-19-15(21)12-5-7-17-8-6-12;/h1-4,12,17H,5-10H2,(H,18,20)(H,19,21);1H. The highest BCUT2D eigenvalue weighted by Crippen LogP contribution is 2.11. The minimum absolute atomic E-state index is 0. The van der Waals surface area contributed by atoms with Gasteiger partial charge >= 0.3 is 0 Å². The molecule has 1 aliphatic rings. The Bertz CT molecular complexity index is 488. The van der Waals surface area contributed by atoms with E-state index in [4.69, 9.17) is 11.6 Å². The molecule has 0 atom stereocenters. The molecule has 0 spiro atoms. The van der Waals surface area contributed by atoms with Crippen LogP contribution in [0.25, 0.3) is 0 Å². The molecule has 1 saturated heterocycles. The van der Waals surface area contributed by atoms with Gasteiger partial charge in [0, 0.05) is 29.6 Å². The maximum absolute atomic E-state index is 11.9. The van der Waals surface area contributed by atoms with Gasteiger partial charge in [-0.25, -0.2) is 0 Å². The minimum atomic E-state index is -0.164. The predicted molar refractivity (Wildman–Crippen MR) is 89.6 cm³/mol. The SMILES string of the molecule is Cl.O=C(NCCNC(=O)C1CCNCC1)c1ccc(Cl)cc1. The first-order valence-electron chi connectivity index (χ1n) is 7.19. The number of carbonyl (C=O) groups is 2. The van der Waals surface area contributed by atoms with Crippen molar-refractivity contribution in [3.8, 4) is 0 Å². The molecule has 1 heterocycles. The van der Waals surface area contributed by atoms with Crippen molar-refractivity contribution in [3.63, 3.8) is 0 Å². The fourth-order valence-corrected chi connectivity index (χ4v) is 2.42. The third kappa shape index (κ3) is 5.83. The number of rotatable bonds is 5. The summed E-state index contributed by atoms with van der Waals surface area (Å²) >= 11 is 5.77. The van der Waals surface area contributed by atoms with Crippen LogP contribution >= 0.6 is 24.0 Å². The molecule has 0 aromatic heterocycles. The summed E-state index contributed by atoms with van der Waals surface area (Å²) in [5.41, 5.74) is 0.559. The van der Waals surface area contributed by atoms with E-state index in [9.17, 15) is 9.59 Å². The lowest BCUT2D eigenvalue weighted by Gasteiger charge is -2.21. The summed E-state index contributed by atoms with van der Waals surface area (Å²) in [6.07, 6.45) is 1.76. The summed E-state index contributed by atoms with van der Waals surface area (Å²) in [5, 5.41) is 9.46. The van der Waals surface area contributed by atoms with E-state index in [1.807, 2.05) is 0 Å². The summed E-state index contributed by atoms with van der Waals surface area (Å²) < 4.78 is 0. The van der Waals surface area contributed by atoms with Crippen LogP contribution in [0, 0.1) is 5.92 Å². The van der Waals surface area contributed by atoms with Crippen LogP contribution in [0.15, 0.2) is 24.3 Å². The molecule has 3 N–H and O–H groups in total. The van der Waals surface area contributed by atoms with Gasteiger partial charge in [0.15, 0.2) is 0 Å². The van der Waals surface area contributed by atoms with Crippen molar-refractivity contribution in [2.45, 2.75) is 12.8 Å². The Kier molecular flexibility index (Phi) is 8.24. The third-order valence-corrected chi connectivity index (χ3v) is 3.78. The predicted octanol–water partition coefficient (Wildman–Crippen LogP) is 1.61. The lowest BCUT2D eigenvalue weighted by atomic mass is 9.97. The summed E-state index contributed by atoms with van der Waals surface area (Å²) in [4.78, 5) is 23.7. The van der Waals surface area contributed by atoms with Crippen molar-refractivity contribution < 1.29 is 9.59 Å². The van der Waals surface area contributed by atoms with E-state index in [1.54, 1.807) is 24.3 Å². The van der Waals surface area contributed by atoms with E-state index in [-0.39, 0.29) is 30.1 Å². The topological polar surface area (TPSA) is 70.2 Å². The molecule has 2 amide bonds. The smallest absolute Gasteiger partial charge is 0.251 e. The Morgan fingerprint density at radius 2 is 1.68 bits per heavy atom. The number of piperidine rings is 1. The zero-order chi connectivity index (χ0) is 15.1. The Labute approximate surface area is 141 Å². The Morgan fingerprint density at radius 1 is 1.09 bits per heavy atom. The Hall–Kier alpha value is -1.30. The van der Waals surface area contributed by atoms with Gasteiger partial charge in [-0.1, -0.05) is 11.6 Å². The Morgan fingerprint density at radius 3 is 2.32 bits per heavy atom. The van der Waals surface area contributed by atoms with Crippen molar-refractivity contribution in [1.82, 2.24) is 16.0 Å². The zero-order valence-electron chi connectivity index (χ0n) is 12.2. The van der Waals surface area contributed by atoms with E-state index in [0.717, 1.165) is 25.9 Å². The van der Waals surface area contributed by atoms with Crippen LogP contribution in [0.1, 0.15) is 23.2 Å². The number of halogens is 2. The molecule has 0 saturated carbocycles. The van der Waals surface area contributed by atoms with Crippen molar-refractivity contribution >= 4 is 35.8 Å². The van der Waals surface area contributed by atoms with E-state index in [1.165, 1.54) is 0 Å². The number of hydrogen-bond donors (Lipinski definition) is 3. The second-order valence-electron chi connectivity index (χ2n) is 5.08. The quantitative estimate of drug-likeness (QED) is 0.710. The summed E-state index contributed by atoms with van der Waals surface area (Å²) in [5.74, 6) is 0.0123. The second kappa shape index (κ2) is 9.66. The maximum atomic E-state index is 11.9. The second-order valence-corrected chi connectivity index (χ2v) is 5.51. The van der Waals surface area contributed by atoms with Crippen LogP contribution in [-0.2, 0) is 4.79 Å². The van der Waals surface area contributed by atoms with E-state index < -0.39 is 0 Å². The highest BCUT2D eigenvalue weighted by molar-refractivity contribution is 6.30. The van der Waals surface area contributed by atoms with E-state index in [0.29, 0.717) is 23.7 Å². The summed E-state index contributed by atoms with van der Waals surface area (Å²) in [6, 6.07) is 6.70. The minimum Gasteiger partial charge on any atom is -0.354 e. The van der Waals surface area contributed by atoms with Gasteiger partial charge in [0.1, 0.15) is 0 Å². The maximum Gasteiger partial charge on any atom is 0.251 e. The Balaban J connectivity index is 0.00000242. The van der Waals surface area contributed by atoms with Crippen LogP contribution in [0.5, 0.6) is 0 Å². The molecule has 22 heavy (non-hydrogen) atoms. The van der Waals surface area contributed by atoms with Gasteiger partial charge in [-0.15, -0.1) is 12.4 Å². The fraction of sp³-hybridized carbons (Fsp3) is 0.467. The zero-order valence-corrected chi connectivity index (χ0v) is 13.8. The normalized spacial score (nSPS) is 14.8. The van der Waals surface area contributed by atoms with Crippen LogP contribution in [0.4, 0.5) is 0 Å². The van der Waals surface area contributed by atoms with Gasteiger partial charge in [-0.2, -0.15) is 0 Å². The molecule has 1 fully saturated rings. The molecule has 5 nitrogen and oxygen atoms in total. The average molecular weight is 346 g/mol. The molecule has 122 valence electrons. The molecule has 1 aliphatic heterocycles. The molecule has 0 aliphatic carbocycles. The van der Waals surface area contributed by atoms with Crippen molar-refractivity contribution in [2.75, 3.05) is 26.2 Å². The van der Waals surface area contributed by atoms with Crippen molar-refractivity contribution in [1.29, 1.82) is 0 Å². The van der Waals surface area contributed by atoms with Crippen LogP contribution in [0.3, 0.4) is 0 Å². The number of hydrogen-bond acceptors (Lipinski definition) is 3. The first-order chi connectivity index (χ1) is 10.2. The molecule has 2 rings (SSSR count). The molecular weight excluding hydrogens is 325 g/mol. The van der Waals surface area contributed by atoms with E-state index in [2.05, 4.69) is 16.0 Å². The van der Waals surface area contributed by atoms with Gasteiger partial charge in [0.25, 0.3) is 5.91 Å². The van der Waals surface area contributed by atoms with Crippen molar-refractivity contribution in [2.24, 2.45) is 5.92 Å². The van der Waals surface area contributed by atoms with Gasteiger partial charge in [-0.3, -0.25) is 9.59 Å². The number of nitrogens with one attached hydrogen (secondary N) is 3. The fourth-order valence-electron chi connectivity index (χ4n) is 2.29. The highest BCUT2D eigenvalue weighted by atomic mass is 35.5. The van der Waals surface area contributed by atoms with E-state index >= 15 is 0 Å². The monoisotopic (exact) mass is 345 g/mol. The van der Waals surface area contributed by atoms with Crippen molar-refractivity contribution in [3.05, 3.63) is 34.9 Å². The molecule has 1 aromatic carbocycles. The van der Waals surface area contributed by atoms with Crippen LogP contribution < -0.4 is 16.0 Å². The summed E-state index contributed by atoms with van der Waals surface area (Å²) in [6.45, 7) is 2.65. The lowest BCUT2D eigenvalue weighted by Crippen LogP contribution is -2.41. The first kappa shape index (κ1) is 18.7. The largest absolute Gasteiger partial charge is 0.354 e. The lowest BCUT2D eigenvalue weighted by molar-refractivity contribution is -0.125. The third-order valence-electron chi connectivity index (χ3n) is 3.53.